The van der Waals surface area contributed by atoms with E-state index in [1.807, 2.05) is 24.3 Å². The molecule has 0 saturated carbocycles. The molecule has 3 heterocycles. The summed E-state index contributed by atoms with van der Waals surface area (Å²) in [6.45, 7) is 2.58. The fourth-order valence-electron chi connectivity index (χ4n) is 4.33. The number of carbonyl (C=O) groups is 1. The predicted molar refractivity (Wildman–Crippen MR) is 117 cm³/mol. The lowest BCUT2D eigenvalue weighted by Gasteiger charge is -2.13. The molecular weight excluding hydrogens is 420 g/mol. The van der Waals surface area contributed by atoms with Crippen LogP contribution in [0.5, 0.6) is 0 Å². The summed E-state index contributed by atoms with van der Waals surface area (Å²) in [4.78, 5) is 18.4. The second-order valence-electron chi connectivity index (χ2n) is 7.57. The van der Waals surface area contributed by atoms with E-state index in [0.717, 1.165) is 46.3 Å². The van der Waals surface area contributed by atoms with Gasteiger partial charge >= 0.3 is 5.97 Å². The molecule has 8 heteroatoms. The van der Waals surface area contributed by atoms with Gasteiger partial charge in [-0.3, -0.25) is 14.4 Å². The Kier molecular flexibility index (Phi) is 4.95. The van der Waals surface area contributed by atoms with Gasteiger partial charge in [-0.15, -0.1) is 21.5 Å². The van der Waals surface area contributed by atoms with E-state index in [-0.39, 0.29) is 11.9 Å². The van der Waals surface area contributed by atoms with Crippen molar-refractivity contribution in [1.82, 2.24) is 14.8 Å². The highest BCUT2D eigenvalue weighted by Crippen LogP contribution is 2.43. The van der Waals surface area contributed by atoms with Crippen LogP contribution in [0.3, 0.4) is 0 Å². The van der Waals surface area contributed by atoms with E-state index >= 15 is 0 Å². The number of nitrogens with zero attached hydrogens (tertiary/aromatic N) is 4. The van der Waals surface area contributed by atoms with Crippen LogP contribution in [-0.4, -0.2) is 33.6 Å². The second kappa shape index (κ2) is 7.63. The zero-order chi connectivity index (χ0) is 20.8. The van der Waals surface area contributed by atoms with Crippen molar-refractivity contribution in [1.29, 1.82) is 0 Å². The number of ether oxygens (including phenoxy) is 1. The SMILES string of the molecule is CCCc1nnc2n1-c1sc3c(c1C(c1ccccc1Cl)=NC2)CC(C(=O)OC)C3. The third-order valence-electron chi connectivity index (χ3n) is 5.71. The van der Waals surface area contributed by atoms with Crippen LogP contribution in [0.15, 0.2) is 29.3 Å². The first-order chi connectivity index (χ1) is 14.6. The van der Waals surface area contributed by atoms with Gasteiger partial charge in [0.1, 0.15) is 17.4 Å². The molecular formula is C22H21ClN4O2S. The van der Waals surface area contributed by atoms with E-state index in [1.165, 1.54) is 17.6 Å². The largest absolute Gasteiger partial charge is 0.469 e. The van der Waals surface area contributed by atoms with Gasteiger partial charge in [-0.05, 0) is 30.9 Å². The van der Waals surface area contributed by atoms with Gasteiger partial charge in [0, 0.05) is 27.4 Å². The molecule has 0 bridgehead atoms. The number of aliphatic imine (C=N–C) groups is 1. The first kappa shape index (κ1) is 19.5. The van der Waals surface area contributed by atoms with Crippen molar-refractivity contribution in [2.45, 2.75) is 39.2 Å². The van der Waals surface area contributed by atoms with Crippen LogP contribution in [0.25, 0.3) is 5.00 Å². The van der Waals surface area contributed by atoms with Crippen molar-refractivity contribution in [2.24, 2.45) is 10.9 Å². The first-order valence-electron chi connectivity index (χ1n) is 10.1. The van der Waals surface area contributed by atoms with E-state index < -0.39 is 0 Å². The molecule has 154 valence electrons. The van der Waals surface area contributed by atoms with Gasteiger partial charge in [0.2, 0.25) is 0 Å². The number of rotatable bonds is 4. The number of benzene rings is 1. The first-order valence-corrected chi connectivity index (χ1v) is 11.3. The monoisotopic (exact) mass is 440 g/mol. The Balaban J connectivity index is 1.72. The van der Waals surface area contributed by atoms with Crippen molar-refractivity contribution in [3.8, 4) is 5.00 Å². The molecule has 1 unspecified atom stereocenters. The maximum absolute atomic E-state index is 12.2. The summed E-state index contributed by atoms with van der Waals surface area (Å²) < 4.78 is 7.19. The number of carbonyl (C=O) groups excluding carboxylic acids is 1. The van der Waals surface area contributed by atoms with Crippen molar-refractivity contribution < 1.29 is 9.53 Å². The summed E-state index contributed by atoms with van der Waals surface area (Å²) in [6.07, 6.45) is 3.18. The quantitative estimate of drug-likeness (QED) is 0.571. The molecule has 1 aliphatic heterocycles. The van der Waals surface area contributed by atoms with Gasteiger partial charge < -0.3 is 4.74 Å². The van der Waals surface area contributed by atoms with Crippen molar-refractivity contribution in [2.75, 3.05) is 7.11 Å². The molecule has 30 heavy (non-hydrogen) atoms. The molecule has 5 rings (SSSR count). The highest BCUT2D eigenvalue weighted by molar-refractivity contribution is 7.15. The summed E-state index contributed by atoms with van der Waals surface area (Å²) in [6, 6.07) is 7.78. The third-order valence-corrected chi connectivity index (χ3v) is 7.28. The Morgan fingerprint density at radius 2 is 2.13 bits per heavy atom. The number of hydrogen-bond acceptors (Lipinski definition) is 6. The molecule has 0 saturated heterocycles. The Bertz CT molecular complexity index is 1180. The minimum Gasteiger partial charge on any atom is -0.469 e. The van der Waals surface area contributed by atoms with Crippen molar-refractivity contribution >= 4 is 34.6 Å². The summed E-state index contributed by atoms with van der Waals surface area (Å²) in [7, 11) is 1.45. The van der Waals surface area contributed by atoms with Crippen LogP contribution in [-0.2, 0) is 35.3 Å². The number of esters is 1. The molecule has 2 aromatic heterocycles. The van der Waals surface area contributed by atoms with Gasteiger partial charge in [0.05, 0.1) is 18.7 Å². The number of aromatic nitrogens is 3. The maximum Gasteiger partial charge on any atom is 0.309 e. The van der Waals surface area contributed by atoms with Gasteiger partial charge in [-0.2, -0.15) is 0 Å². The van der Waals surface area contributed by atoms with Gasteiger partial charge in [0.25, 0.3) is 0 Å². The lowest BCUT2D eigenvalue weighted by atomic mass is 9.97. The van der Waals surface area contributed by atoms with Crippen molar-refractivity contribution in [3.05, 3.63) is 62.5 Å². The van der Waals surface area contributed by atoms with Gasteiger partial charge in [0.15, 0.2) is 5.82 Å². The normalized spacial score (nSPS) is 17.0. The Hall–Kier alpha value is -2.51. The standard InChI is InChI=1S/C22H21ClN4O2S/c1-3-6-17-25-26-18-11-24-20(13-7-4-5-8-15(13)23)19-14-9-12(22(28)29-2)10-16(14)30-21(19)27(17)18/h4-5,7-8,12H,3,6,9-11H2,1-2H3. The summed E-state index contributed by atoms with van der Waals surface area (Å²) in [5.74, 6) is 1.49. The molecule has 0 spiro atoms. The topological polar surface area (TPSA) is 69.4 Å². The lowest BCUT2D eigenvalue weighted by Crippen LogP contribution is -2.17. The predicted octanol–water partition coefficient (Wildman–Crippen LogP) is 4.17. The average Bonchev–Trinajstić information content (AvgIpc) is 3.40. The van der Waals surface area contributed by atoms with E-state index in [2.05, 4.69) is 21.7 Å². The van der Waals surface area contributed by atoms with E-state index in [9.17, 15) is 4.79 Å². The van der Waals surface area contributed by atoms with Crippen LogP contribution in [0.1, 0.15) is 46.6 Å². The van der Waals surface area contributed by atoms with Crippen LogP contribution in [0.4, 0.5) is 0 Å². The molecule has 0 N–H and O–H groups in total. The Labute approximate surface area is 183 Å². The molecule has 3 aromatic rings. The van der Waals surface area contributed by atoms with Crippen LogP contribution < -0.4 is 0 Å². The molecule has 1 aromatic carbocycles. The number of methoxy groups -OCH3 is 1. The van der Waals surface area contributed by atoms with Crippen LogP contribution in [0, 0.1) is 5.92 Å². The molecule has 0 amide bonds. The number of aryl methyl sites for hydroxylation is 1. The fraction of sp³-hybridized carbons (Fsp3) is 0.364. The molecule has 6 nitrogen and oxygen atoms in total. The third kappa shape index (κ3) is 2.99. The minimum absolute atomic E-state index is 0.146. The zero-order valence-corrected chi connectivity index (χ0v) is 18.4. The number of halogens is 1. The molecule has 2 aliphatic rings. The van der Waals surface area contributed by atoms with Gasteiger partial charge in [-0.1, -0.05) is 36.7 Å². The highest BCUT2D eigenvalue weighted by atomic mass is 35.5. The fourth-order valence-corrected chi connectivity index (χ4v) is 6.01. The smallest absolute Gasteiger partial charge is 0.309 e. The molecule has 1 atom stereocenters. The number of hydrogen-bond donors (Lipinski definition) is 0. The maximum atomic E-state index is 12.2. The van der Waals surface area contributed by atoms with Crippen LogP contribution >= 0.6 is 22.9 Å². The van der Waals surface area contributed by atoms with Crippen LogP contribution in [0.2, 0.25) is 5.02 Å². The summed E-state index contributed by atoms with van der Waals surface area (Å²) in [5.41, 5.74) is 4.00. The van der Waals surface area contributed by atoms with E-state index in [1.54, 1.807) is 11.3 Å². The lowest BCUT2D eigenvalue weighted by molar-refractivity contribution is -0.145. The molecule has 1 aliphatic carbocycles. The minimum atomic E-state index is -0.159. The Morgan fingerprint density at radius 1 is 1.30 bits per heavy atom. The van der Waals surface area contributed by atoms with Crippen molar-refractivity contribution in [3.63, 3.8) is 0 Å². The number of thiophene rings is 1. The van der Waals surface area contributed by atoms with E-state index in [4.69, 9.17) is 21.3 Å². The average molecular weight is 441 g/mol. The van der Waals surface area contributed by atoms with Gasteiger partial charge in [-0.25, -0.2) is 0 Å². The summed E-state index contributed by atoms with van der Waals surface area (Å²) >= 11 is 8.29. The molecule has 0 radical (unpaired) electrons. The Morgan fingerprint density at radius 3 is 2.90 bits per heavy atom. The highest BCUT2D eigenvalue weighted by Gasteiger charge is 2.37. The van der Waals surface area contributed by atoms with E-state index in [0.29, 0.717) is 24.4 Å². The summed E-state index contributed by atoms with van der Waals surface area (Å²) in [5, 5.41) is 10.6. The second-order valence-corrected chi connectivity index (χ2v) is 9.07. The number of fused-ring (bicyclic) bond motifs is 5. The molecule has 0 fully saturated rings. The zero-order valence-electron chi connectivity index (χ0n) is 16.8.